The number of hydrogen-bond acceptors (Lipinski definition) is 3. The summed E-state index contributed by atoms with van der Waals surface area (Å²) in [5.74, 6) is 6.19. The Labute approximate surface area is 151 Å². The normalized spacial score (nSPS) is 20.2. The van der Waals surface area contributed by atoms with Gasteiger partial charge in [-0.3, -0.25) is 0 Å². The zero-order chi connectivity index (χ0) is 17.7. The summed E-state index contributed by atoms with van der Waals surface area (Å²) >= 11 is 0. The highest BCUT2D eigenvalue weighted by atomic mass is 16.6. The van der Waals surface area contributed by atoms with Crippen molar-refractivity contribution in [2.24, 2.45) is 11.8 Å². The molecule has 0 amide bonds. The molecular weight excluding hydrogens is 308 g/mol. The van der Waals surface area contributed by atoms with Gasteiger partial charge in [0, 0.05) is 18.0 Å². The number of benzene rings is 2. The molecule has 0 saturated carbocycles. The van der Waals surface area contributed by atoms with Crippen molar-refractivity contribution in [1.82, 2.24) is 4.90 Å². The number of nitrogens with zero attached hydrogens (tertiary/aromatic N) is 1. The van der Waals surface area contributed by atoms with Crippen LogP contribution in [0.25, 0.3) is 0 Å². The molecule has 0 radical (unpaired) electrons. The Balaban J connectivity index is 1.95. The van der Waals surface area contributed by atoms with Crippen molar-refractivity contribution in [2.75, 3.05) is 13.2 Å². The van der Waals surface area contributed by atoms with Gasteiger partial charge in [0.2, 0.25) is 0 Å². The van der Waals surface area contributed by atoms with Gasteiger partial charge in [0.25, 0.3) is 0 Å². The third-order valence-corrected chi connectivity index (χ3v) is 5.64. The molecule has 2 N–H and O–H groups in total. The maximum Gasteiger partial charge on any atom is 0.0817 e. The lowest BCUT2D eigenvalue weighted by Gasteiger charge is -2.37. The fourth-order valence-corrected chi connectivity index (χ4v) is 3.79. The molecule has 132 valence electrons. The SMILES string of the molecule is CC1C=CN(CCC(CON)(c2ccccc2)c2ccccc2)C1C. The van der Waals surface area contributed by atoms with Crippen molar-refractivity contribution in [3.05, 3.63) is 84.1 Å². The molecular formula is C22H28N2O. The molecule has 2 unspecified atom stereocenters. The first kappa shape index (κ1) is 17.7. The molecule has 1 heterocycles. The molecule has 0 fully saturated rings. The van der Waals surface area contributed by atoms with Crippen LogP contribution in [0.4, 0.5) is 0 Å². The number of rotatable bonds is 7. The van der Waals surface area contributed by atoms with E-state index in [1.165, 1.54) is 11.1 Å². The lowest BCUT2D eigenvalue weighted by atomic mass is 9.72. The quantitative estimate of drug-likeness (QED) is 0.774. The zero-order valence-electron chi connectivity index (χ0n) is 15.1. The van der Waals surface area contributed by atoms with Gasteiger partial charge in [-0.15, -0.1) is 0 Å². The summed E-state index contributed by atoms with van der Waals surface area (Å²) in [5.41, 5.74) is 2.24. The van der Waals surface area contributed by atoms with Crippen LogP contribution in [-0.2, 0) is 10.3 Å². The summed E-state index contributed by atoms with van der Waals surface area (Å²) in [6, 6.07) is 21.7. The van der Waals surface area contributed by atoms with Crippen LogP contribution in [0.15, 0.2) is 72.9 Å². The molecule has 2 aromatic rings. The van der Waals surface area contributed by atoms with Crippen LogP contribution in [0.1, 0.15) is 31.4 Å². The van der Waals surface area contributed by atoms with E-state index in [9.17, 15) is 0 Å². The number of nitrogens with two attached hydrogens (primary N) is 1. The molecule has 2 atom stereocenters. The van der Waals surface area contributed by atoms with Gasteiger partial charge in [-0.1, -0.05) is 73.7 Å². The second-order valence-corrected chi connectivity index (χ2v) is 7.05. The third-order valence-electron chi connectivity index (χ3n) is 5.64. The summed E-state index contributed by atoms with van der Waals surface area (Å²) in [7, 11) is 0. The lowest BCUT2D eigenvalue weighted by Crippen LogP contribution is -2.39. The van der Waals surface area contributed by atoms with E-state index in [0.717, 1.165) is 13.0 Å². The van der Waals surface area contributed by atoms with Gasteiger partial charge in [0.15, 0.2) is 0 Å². The molecule has 1 aliphatic rings. The molecule has 3 rings (SSSR count). The first-order valence-electron chi connectivity index (χ1n) is 9.04. The fourth-order valence-electron chi connectivity index (χ4n) is 3.79. The summed E-state index contributed by atoms with van der Waals surface area (Å²) < 4.78 is 0. The highest BCUT2D eigenvalue weighted by Gasteiger charge is 2.35. The van der Waals surface area contributed by atoms with Crippen molar-refractivity contribution in [2.45, 2.75) is 31.7 Å². The maximum atomic E-state index is 5.59. The average Bonchev–Trinajstić information content (AvgIpc) is 2.99. The second kappa shape index (κ2) is 7.85. The molecule has 0 spiro atoms. The van der Waals surface area contributed by atoms with Gasteiger partial charge >= 0.3 is 0 Å². The van der Waals surface area contributed by atoms with Crippen molar-refractivity contribution >= 4 is 0 Å². The Kier molecular flexibility index (Phi) is 5.57. The molecule has 3 nitrogen and oxygen atoms in total. The van der Waals surface area contributed by atoms with Crippen LogP contribution >= 0.6 is 0 Å². The molecule has 1 aliphatic heterocycles. The molecule has 0 saturated heterocycles. The molecule has 2 aromatic carbocycles. The van der Waals surface area contributed by atoms with E-state index in [4.69, 9.17) is 10.7 Å². The van der Waals surface area contributed by atoms with Crippen LogP contribution in [0.5, 0.6) is 0 Å². The van der Waals surface area contributed by atoms with E-state index < -0.39 is 0 Å². The minimum atomic E-state index is -0.253. The van der Waals surface area contributed by atoms with Crippen molar-refractivity contribution in [3.63, 3.8) is 0 Å². The predicted molar refractivity (Wildman–Crippen MR) is 103 cm³/mol. The summed E-state index contributed by atoms with van der Waals surface area (Å²) in [4.78, 5) is 7.68. The van der Waals surface area contributed by atoms with Crippen molar-refractivity contribution in [3.8, 4) is 0 Å². The molecule has 0 aromatic heterocycles. The van der Waals surface area contributed by atoms with E-state index in [1.54, 1.807) is 0 Å². The van der Waals surface area contributed by atoms with Gasteiger partial charge in [-0.05, 0) is 36.6 Å². The Hall–Kier alpha value is -2.10. The van der Waals surface area contributed by atoms with Gasteiger partial charge in [-0.2, -0.15) is 0 Å². The van der Waals surface area contributed by atoms with E-state index >= 15 is 0 Å². The van der Waals surface area contributed by atoms with Gasteiger partial charge in [0.1, 0.15) is 0 Å². The van der Waals surface area contributed by atoms with E-state index in [2.05, 4.69) is 91.7 Å². The Morgan fingerprint density at radius 1 is 0.960 bits per heavy atom. The largest absolute Gasteiger partial charge is 0.374 e. The minimum Gasteiger partial charge on any atom is -0.374 e. The molecule has 0 aliphatic carbocycles. The third kappa shape index (κ3) is 3.63. The highest BCUT2D eigenvalue weighted by Crippen LogP contribution is 2.37. The van der Waals surface area contributed by atoms with Crippen LogP contribution < -0.4 is 5.90 Å². The predicted octanol–water partition coefficient (Wildman–Crippen LogP) is 4.11. The zero-order valence-corrected chi connectivity index (χ0v) is 15.1. The van der Waals surface area contributed by atoms with Gasteiger partial charge in [0.05, 0.1) is 6.61 Å². The van der Waals surface area contributed by atoms with E-state index in [0.29, 0.717) is 18.6 Å². The summed E-state index contributed by atoms with van der Waals surface area (Å²) in [5, 5.41) is 0. The van der Waals surface area contributed by atoms with Gasteiger partial charge < -0.3 is 9.74 Å². The Morgan fingerprint density at radius 2 is 1.52 bits per heavy atom. The average molecular weight is 336 g/mol. The topological polar surface area (TPSA) is 38.5 Å². The Morgan fingerprint density at radius 3 is 1.96 bits per heavy atom. The lowest BCUT2D eigenvalue weighted by molar-refractivity contribution is 0.0889. The summed E-state index contributed by atoms with van der Waals surface area (Å²) in [6.45, 7) is 5.99. The monoisotopic (exact) mass is 336 g/mol. The van der Waals surface area contributed by atoms with Crippen LogP contribution in [-0.4, -0.2) is 24.1 Å². The van der Waals surface area contributed by atoms with E-state index in [-0.39, 0.29) is 5.41 Å². The molecule has 25 heavy (non-hydrogen) atoms. The maximum absolute atomic E-state index is 5.59. The first-order valence-corrected chi connectivity index (χ1v) is 9.04. The van der Waals surface area contributed by atoms with Crippen LogP contribution in [0.2, 0.25) is 0 Å². The molecule has 3 heteroatoms. The van der Waals surface area contributed by atoms with E-state index in [1.807, 2.05) is 0 Å². The van der Waals surface area contributed by atoms with Crippen molar-refractivity contribution < 1.29 is 4.84 Å². The Bertz CT molecular complexity index is 644. The molecule has 0 bridgehead atoms. The fraction of sp³-hybridized carbons (Fsp3) is 0.364. The van der Waals surface area contributed by atoms with Crippen LogP contribution in [0.3, 0.4) is 0 Å². The minimum absolute atomic E-state index is 0.253. The number of hydrogen-bond donors (Lipinski definition) is 1. The first-order chi connectivity index (χ1) is 12.2. The highest BCUT2D eigenvalue weighted by molar-refractivity contribution is 5.39. The summed E-state index contributed by atoms with van der Waals surface area (Å²) in [6.07, 6.45) is 5.47. The second-order valence-electron chi connectivity index (χ2n) is 7.05. The standard InChI is InChI=1S/C22H28N2O/c1-18-13-15-24(19(18)2)16-14-22(17-25-23,20-9-5-3-6-10-20)21-11-7-4-8-12-21/h3-13,15,18-19H,14,16-17,23H2,1-2H3. The van der Waals surface area contributed by atoms with Gasteiger partial charge in [-0.25, -0.2) is 5.90 Å². The smallest absolute Gasteiger partial charge is 0.0817 e. The van der Waals surface area contributed by atoms with Crippen molar-refractivity contribution in [1.29, 1.82) is 0 Å². The van der Waals surface area contributed by atoms with Crippen LogP contribution in [0, 0.1) is 5.92 Å².